The SMILES string of the molecule is C=C(C)COC[C@@H]1[C@@H](Cc2ccccc2)COC[C@H](NC(=O)c2nccc(OC)c2OCOC(C)=O)C(=O)O[C@H]1C. The molecule has 1 aromatic carbocycles. The highest BCUT2D eigenvalue weighted by atomic mass is 16.7. The van der Waals surface area contributed by atoms with Crippen LogP contribution in [0.5, 0.6) is 11.5 Å². The van der Waals surface area contributed by atoms with Gasteiger partial charge in [-0.05, 0) is 31.7 Å². The number of esters is 2. The van der Waals surface area contributed by atoms with Crippen molar-refractivity contribution in [2.75, 3.05) is 40.3 Å². The number of pyridine rings is 1. The summed E-state index contributed by atoms with van der Waals surface area (Å²) in [5.74, 6) is -1.98. The van der Waals surface area contributed by atoms with E-state index in [1.54, 1.807) is 0 Å². The molecule has 1 aromatic heterocycles. The molecule has 0 spiro atoms. The Morgan fingerprint density at radius 2 is 1.90 bits per heavy atom. The van der Waals surface area contributed by atoms with E-state index in [4.69, 9.17) is 28.4 Å². The second kappa shape index (κ2) is 15.7. The monoisotopic (exact) mass is 570 g/mol. The molecule has 2 aromatic rings. The molecule has 11 nitrogen and oxygen atoms in total. The Bertz CT molecular complexity index is 1190. The molecular formula is C30H38N2O9. The van der Waals surface area contributed by atoms with E-state index >= 15 is 0 Å². The first-order valence-corrected chi connectivity index (χ1v) is 13.3. The number of benzene rings is 1. The molecule has 41 heavy (non-hydrogen) atoms. The molecule has 11 heteroatoms. The molecule has 1 aliphatic heterocycles. The molecule has 1 aliphatic rings. The summed E-state index contributed by atoms with van der Waals surface area (Å²) in [6.45, 7) is 9.30. The Hall–Kier alpha value is -3.96. The van der Waals surface area contributed by atoms with Crippen LogP contribution in [0.2, 0.25) is 0 Å². The number of carbonyl (C=O) groups excluding carboxylic acids is 3. The van der Waals surface area contributed by atoms with Crippen LogP contribution in [0.4, 0.5) is 0 Å². The molecule has 4 atom stereocenters. The van der Waals surface area contributed by atoms with Gasteiger partial charge < -0.3 is 33.7 Å². The molecule has 0 radical (unpaired) electrons. The average Bonchev–Trinajstić information content (AvgIpc) is 2.98. The van der Waals surface area contributed by atoms with Crippen molar-refractivity contribution < 1.29 is 42.8 Å². The van der Waals surface area contributed by atoms with E-state index in [1.165, 1.54) is 26.3 Å². The van der Waals surface area contributed by atoms with Crippen LogP contribution in [0, 0.1) is 11.8 Å². The Kier molecular flexibility index (Phi) is 12.1. The first-order valence-electron chi connectivity index (χ1n) is 13.3. The fraction of sp³-hybridized carbons (Fsp3) is 0.467. The van der Waals surface area contributed by atoms with Crippen LogP contribution in [-0.4, -0.2) is 75.3 Å². The Morgan fingerprint density at radius 1 is 1.15 bits per heavy atom. The summed E-state index contributed by atoms with van der Waals surface area (Å²) in [4.78, 5) is 41.8. The molecule has 1 amide bonds. The quantitative estimate of drug-likeness (QED) is 0.231. The van der Waals surface area contributed by atoms with Gasteiger partial charge in [0.2, 0.25) is 6.79 Å². The topological polar surface area (TPSA) is 132 Å². The Balaban J connectivity index is 1.78. The lowest BCUT2D eigenvalue weighted by atomic mass is 9.84. The average molecular weight is 571 g/mol. The molecule has 0 unspecified atom stereocenters. The number of methoxy groups -OCH3 is 1. The van der Waals surface area contributed by atoms with Crippen molar-refractivity contribution in [1.29, 1.82) is 0 Å². The van der Waals surface area contributed by atoms with Gasteiger partial charge in [-0.15, -0.1) is 0 Å². The van der Waals surface area contributed by atoms with E-state index in [-0.39, 0.29) is 35.6 Å². The summed E-state index contributed by atoms with van der Waals surface area (Å²) in [7, 11) is 1.39. The first kappa shape index (κ1) is 31.6. The van der Waals surface area contributed by atoms with Gasteiger partial charge in [0, 0.05) is 25.1 Å². The smallest absolute Gasteiger partial charge is 0.331 e. The highest BCUT2D eigenvalue weighted by Crippen LogP contribution is 2.30. The molecule has 2 heterocycles. The number of cyclic esters (lactones) is 1. The second-order valence-corrected chi connectivity index (χ2v) is 9.88. The summed E-state index contributed by atoms with van der Waals surface area (Å²) in [6, 6.07) is 10.4. The summed E-state index contributed by atoms with van der Waals surface area (Å²) < 4.78 is 33.3. The molecule has 3 rings (SSSR count). The largest absolute Gasteiger partial charge is 0.493 e. The van der Waals surface area contributed by atoms with Crippen molar-refractivity contribution in [3.8, 4) is 11.5 Å². The third-order valence-electron chi connectivity index (χ3n) is 6.49. The summed E-state index contributed by atoms with van der Waals surface area (Å²) in [5, 5.41) is 2.64. The van der Waals surface area contributed by atoms with Crippen LogP contribution in [0.1, 0.15) is 36.8 Å². The fourth-order valence-electron chi connectivity index (χ4n) is 4.42. The minimum Gasteiger partial charge on any atom is -0.493 e. The van der Waals surface area contributed by atoms with E-state index in [0.717, 1.165) is 11.1 Å². The maximum absolute atomic E-state index is 13.3. The molecule has 222 valence electrons. The van der Waals surface area contributed by atoms with Gasteiger partial charge in [-0.1, -0.05) is 42.5 Å². The third kappa shape index (κ3) is 9.58. The van der Waals surface area contributed by atoms with Gasteiger partial charge in [0.15, 0.2) is 23.2 Å². The van der Waals surface area contributed by atoms with Crippen molar-refractivity contribution in [3.05, 3.63) is 66.0 Å². The zero-order valence-electron chi connectivity index (χ0n) is 23.9. The number of rotatable bonds is 12. The lowest BCUT2D eigenvalue weighted by Gasteiger charge is -2.30. The molecule has 0 saturated carbocycles. The predicted octanol–water partition coefficient (Wildman–Crippen LogP) is 3.12. The molecule has 1 saturated heterocycles. The van der Waals surface area contributed by atoms with Crippen LogP contribution < -0.4 is 14.8 Å². The van der Waals surface area contributed by atoms with Crippen molar-refractivity contribution in [3.63, 3.8) is 0 Å². The third-order valence-corrected chi connectivity index (χ3v) is 6.49. The molecule has 0 bridgehead atoms. The van der Waals surface area contributed by atoms with Crippen molar-refractivity contribution in [2.24, 2.45) is 11.8 Å². The highest BCUT2D eigenvalue weighted by molar-refractivity contribution is 5.98. The van der Waals surface area contributed by atoms with Gasteiger partial charge in [-0.3, -0.25) is 9.59 Å². The summed E-state index contributed by atoms with van der Waals surface area (Å²) in [5.41, 5.74) is 1.85. The Morgan fingerprint density at radius 3 is 2.59 bits per heavy atom. The molecule has 1 N–H and O–H groups in total. The van der Waals surface area contributed by atoms with Gasteiger partial charge in [0.25, 0.3) is 5.91 Å². The number of hydrogen-bond acceptors (Lipinski definition) is 10. The normalized spacial score (nSPS) is 20.9. The predicted molar refractivity (Wildman–Crippen MR) is 148 cm³/mol. The number of ether oxygens (including phenoxy) is 6. The second-order valence-electron chi connectivity index (χ2n) is 9.88. The Labute approximate surface area is 240 Å². The zero-order valence-corrected chi connectivity index (χ0v) is 23.9. The van der Waals surface area contributed by atoms with Crippen LogP contribution >= 0.6 is 0 Å². The van der Waals surface area contributed by atoms with Crippen LogP contribution in [0.25, 0.3) is 0 Å². The number of hydrogen-bond donors (Lipinski definition) is 1. The molecule has 0 aliphatic carbocycles. The summed E-state index contributed by atoms with van der Waals surface area (Å²) in [6.07, 6.45) is 1.52. The maximum atomic E-state index is 13.3. The number of carbonyl (C=O) groups is 3. The highest BCUT2D eigenvalue weighted by Gasteiger charge is 2.35. The van der Waals surface area contributed by atoms with E-state index in [1.807, 2.05) is 44.2 Å². The fourth-order valence-corrected chi connectivity index (χ4v) is 4.42. The molecular weight excluding hydrogens is 532 g/mol. The number of amides is 1. The van der Waals surface area contributed by atoms with Gasteiger partial charge in [-0.25, -0.2) is 9.78 Å². The lowest BCUT2D eigenvalue weighted by Crippen LogP contribution is -2.46. The van der Waals surface area contributed by atoms with E-state index in [0.29, 0.717) is 26.2 Å². The number of aromatic nitrogens is 1. The van der Waals surface area contributed by atoms with Crippen molar-refractivity contribution >= 4 is 17.8 Å². The van der Waals surface area contributed by atoms with Gasteiger partial charge in [-0.2, -0.15) is 0 Å². The van der Waals surface area contributed by atoms with Gasteiger partial charge in [0.05, 0.1) is 33.5 Å². The van der Waals surface area contributed by atoms with Crippen LogP contribution in [0.3, 0.4) is 0 Å². The number of nitrogens with zero attached hydrogens (tertiary/aromatic N) is 1. The van der Waals surface area contributed by atoms with Crippen LogP contribution in [-0.2, 0) is 35.0 Å². The minimum absolute atomic E-state index is 0.0268. The van der Waals surface area contributed by atoms with Gasteiger partial charge in [0.1, 0.15) is 6.10 Å². The van der Waals surface area contributed by atoms with Crippen molar-refractivity contribution in [1.82, 2.24) is 10.3 Å². The molecule has 1 fully saturated rings. The van der Waals surface area contributed by atoms with Crippen molar-refractivity contribution in [2.45, 2.75) is 39.3 Å². The number of nitrogens with one attached hydrogen (secondary N) is 1. The first-order chi connectivity index (χ1) is 19.7. The van der Waals surface area contributed by atoms with E-state index in [9.17, 15) is 14.4 Å². The maximum Gasteiger partial charge on any atom is 0.331 e. The zero-order chi connectivity index (χ0) is 29.8. The minimum atomic E-state index is -1.12. The lowest BCUT2D eigenvalue weighted by molar-refractivity contribution is -0.155. The van der Waals surface area contributed by atoms with E-state index < -0.39 is 36.8 Å². The standard InChI is InChI=1S/C30H38N2O9/c1-19(2)14-37-16-24-20(3)41-30(35)25(17-38-15-23(24)13-22-9-7-6-8-10-22)32-29(34)27-28(40-18-39-21(4)33)26(36-5)11-12-31-27/h6-12,20,23-25H,1,13-18H2,2-5H3,(H,32,34)/t20-,23-,24-,25-/m0/s1. The summed E-state index contributed by atoms with van der Waals surface area (Å²) >= 11 is 0. The van der Waals surface area contributed by atoms with E-state index in [2.05, 4.69) is 16.9 Å². The van der Waals surface area contributed by atoms with Gasteiger partial charge >= 0.3 is 11.9 Å². The van der Waals surface area contributed by atoms with Crippen LogP contribution in [0.15, 0.2) is 54.7 Å².